The van der Waals surface area contributed by atoms with E-state index in [0.29, 0.717) is 5.56 Å². The maximum absolute atomic E-state index is 9.58. The zero-order chi connectivity index (χ0) is 15.0. The molecule has 0 radical (unpaired) electrons. The molecule has 0 bridgehead atoms. The number of hydrogen-bond donors (Lipinski definition) is 5. The molecule has 106 valence electrons. The van der Waals surface area contributed by atoms with Crippen LogP contribution in [0.4, 0.5) is 0 Å². The van der Waals surface area contributed by atoms with Crippen LogP contribution in [-0.4, -0.2) is 25.5 Å². The summed E-state index contributed by atoms with van der Waals surface area (Å²) in [6.07, 6.45) is 0.0763. The lowest BCUT2D eigenvalue weighted by molar-refractivity contribution is 0.367. The number of hydrogen-bond acceptors (Lipinski definition) is 5. The second-order valence-electron chi connectivity index (χ2n) is 4.15. The second-order valence-corrected chi connectivity index (χ2v) is 4.91. The van der Waals surface area contributed by atoms with Crippen molar-refractivity contribution in [2.24, 2.45) is 0 Å². The van der Waals surface area contributed by atoms with Crippen LogP contribution in [0.5, 0.6) is 28.7 Å². The fourth-order valence-electron chi connectivity index (χ4n) is 1.74. The van der Waals surface area contributed by atoms with Gasteiger partial charge in [0.15, 0.2) is 23.0 Å². The van der Waals surface area contributed by atoms with Crippen LogP contribution in [0.25, 0.3) is 0 Å². The van der Waals surface area contributed by atoms with Crippen molar-refractivity contribution in [3.8, 4) is 28.7 Å². The van der Waals surface area contributed by atoms with Gasteiger partial charge in [-0.25, -0.2) is 0 Å². The molecule has 20 heavy (non-hydrogen) atoms. The van der Waals surface area contributed by atoms with Crippen LogP contribution in [0.3, 0.4) is 0 Å². The minimum atomic E-state index is -0.794. The molecule has 0 unspecified atom stereocenters. The van der Waals surface area contributed by atoms with Crippen LogP contribution < -0.4 is 0 Å². The molecule has 7 heteroatoms. The van der Waals surface area contributed by atoms with Crippen LogP contribution in [0, 0.1) is 0 Å². The van der Waals surface area contributed by atoms with E-state index < -0.39 is 17.2 Å². The molecule has 0 spiro atoms. The molecule has 0 saturated heterocycles. The Morgan fingerprint density at radius 1 is 0.750 bits per heavy atom. The molecule has 0 aliphatic heterocycles. The molecule has 0 atom stereocenters. The van der Waals surface area contributed by atoms with Gasteiger partial charge < -0.3 is 25.5 Å². The van der Waals surface area contributed by atoms with E-state index in [1.165, 1.54) is 18.2 Å². The largest absolute Gasteiger partial charge is 0.504 e. The number of halogens is 2. The van der Waals surface area contributed by atoms with Gasteiger partial charge in [-0.1, -0.05) is 29.3 Å². The number of phenols is 5. The molecule has 5 nitrogen and oxygen atoms in total. The molecular formula is C13H10Cl2O5. The molecule has 0 saturated carbocycles. The van der Waals surface area contributed by atoms with E-state index in [2.05, 4.69) is 0 Å². The highest BCUT2D eigenvalue weighted by molar-refractivity contribution is 6.38. The van der Waals surface area contributed by atoms with Gasteiger partial charge in [-0.15, -0.1) is 0 Å². The third-order valence-corrected chi connectivity index (χ3v) is 3.63. The van der Waals surface area contributed by atoms with Crippen molar-refractivity contribution in [1.29, 1.82) is 0 Å². The monoisotopic (exact) mass is 316 g/mol. The predicted molar refractivity (Wildman–Crippen MR) is 74.0 cm³/mol. The summed E-state index contributed by atoms with van der Waals surface area (Å²) in [7, 11) is 0. The summed E-state index contributed by atoms with van der Waals surface area (Å²) in [5, 5.41) is 46.8. The molecule has 5 N–H and O–H groups in total. The minimum Gasteiger partial charge on any atom is -0.504 e. The Morgan fingerprint density at radius 3 is 1.80 bits per heavy atom. The molecule has 0 aliphatic rings. The van der Waals surface area contributed by atoms with Gasteiger partial charge in [0.1, 0.15) is 0 Å². The number of benzene rings is 2. The van der Waals surface area contributed by atoms with Crippen molar-refractivity contribution in [3.63, 3.8) is 0 Å². The summed E-state index contributed by atoms with van der Waals surface area (Å²) in [6.45, 7) is 0. The zero-order valence-electron chi connectivity index (χ0n) is 9.93. The van der Waals surface area contributed by atoms with Crippen molar-refractivity contribution < 1.29 is 25.5 Å². The Balaban J connectivity index is 2.51. The highest BCUT2D eigenvalue weighted by Crippen LogP contribution is 2.48. The second kappa shape index (κ2) is 5.19. The first-order valence-corrected chi connectivity index (χ1v) is 6.20. The molecule has 2 rings (SSSR count). The normalized spacial score (nSPS) is 10.7. The van der Waals surface area contributed by atoms with Gasteiger partial charge in [0.25, 0.3) is 0 Å². The van der Waals surface area contributed by atoms with Crippen molar-refractivity contribution in [1.82, 2.24) is 0 Å². The Hall–Kier alpha value is -1.98. The lowest BCUT2D eigenvalue weighted by Crippen LogP contribution is -1.93. The van der Waals surface area contributed by atoms with Gasteiger partial charge in [-0.2, -0.15) is 0 Å². The first kappa shape index (κ1) is 14.4. The highest BCUT2D eigenvalue weighted by Gasteiger charge is 2.21. The van der Waals surface area contributed by atoms with Crippen molar-refractivity contribution in [2.45, 2.75) is 6.42 Å². The average molecular weight is 317 g/mol. The third kappa shape index (κ3) is 2.37. The van der Waals surface area contributed by atoms with Gasteiger partial charge in [0.05, 0.1) is 10.0 Å². The number of rotatable bonds is 2. The topological polar surface area (TPSA) is 101 Å². The predicted octanol–water partition coefficient (Wildman–Crippen LogP) is 3.11. The van der Waals surface area contributed by atoms with Gasteiger partial charge >= 0.3 is 0 Å². The molecule has 2 aromatic carbocycles. The summed E-state index contributed by atoms with van der Waals surface area (Å²) in [4.78, 5) is 0. The van der Waals surface area contributed by atoms with Crippen LogP contribution in [0.1, 0.15) is 11.1 Å². The standard InChI is InChI=1S/C13H10Cl2O5/c14-9-6(10(15)12(19)13(20)11(9)18)3-5-1-2-7(16)8(17)4-5/h1-2,4,16-20H,3H2. The van der Waals surface area contributed by atoms with Crippen molar-refractivity contribution >= 4 is 23.2 Å². The van der Waals surface area contributed by atoms with E-state index in [0.717, 1.165) is 0 Å². The van der Waals surface area contributed by atoms with Gasteiger partial charge in [0.2, 0.25) is 5.75 Å². The molecule has 0 fully saturated rings. The first-order valence-electron chi connectivity index (χ1n) is 5.44. The smallest absolute Gasteiger partial charge is 0.203 e. The summed E-state index contributed by atoms with van der Waals surface area (Å²) in [5.41, 5.74) is 0.722. The Morgan fingerprint density at radius 2 is 1.30 bits per heavy atom. The third-order valence-electron chi connectivity index (χ3n) is 2.82. The summed E-state index contributed by atoms with van der Waals surface area (Å²) >= 11 is 11.8. The molecule has 0 amide bonds. The van der Waals surface area contributed by atoms with E-state index in [4.69, 9.17) is 23.2 Å². The zero-order valence-corrected chi connectivity index (χ0v) is 11.4. The Labute approximate surface area is 123 Å². The molecule has 0 heterocycles. The van der Waals surface area contributed by atoms with Crippen LogP contribution >= 0.6 is 23.2 Å². The quantitative estimate of drug-likeness (QED) is 0.548. The maximum atomic E-state index is 9.58. The maximum Gasteiger partial charge on any atom is 0.203 e. The summed E-state index contributed by atoms with van der Waals surface area (Å²) in [6, 6.07) is 4.10. The molecule has 0 aliphatic carbocycles. The summed E-state index contributed by atoms with van der Waals surface area (Å²) in [5.74, 6) is -2.74. The molecule has 0 aromatic heterocycles. The average Bonchev–Trinajstić information content (AvgIpc) is 2.43. The van der Waals surface area contributed by atoms with E-state index in [1.54, 1.807) is 0 Å². The van der Waals surface area contributed by atoms with Crippen molar-refractivity contribution in [3.05, 3.63) is 39.4 Å². The Kier molecular flexibility index (Phi) is 3.74. The lowest BCUT2D eigenvalue weighted by Gasteiger charge is -2.12. The van der Waals surface area contributed by atoms with E-state index in [-0.39, 0.29) is 33.5 Å². The Bertz CT molecular complexity index is 656. The lowest BCUT2D eigenvalue weighted by atomic mass is 10.0. The number of aromatic hydroxyl groups is 5. The van der Waals surface area contributed by atoms with Crippen molar-refractivity contribution in [2.75, 3.05) is 0 Å². The van der Waals surface area contributed by atoms with E-state index >= 15 is 0 Å². The van der Waals surface area contributed by atoms with E-state index in [1.807, 2.05) is 0 Å². The van der Waals surface area contributed by atoms with Gasteiger partial charge in [0, 0.05) is 12.0 Å². The fraction of sp³-hybridized carbons (Fsp3) is 0.0769. The first-order chi connectivity index (χ1) is 9.32. The molecule has 2 aromatic rings. The number of phenolic OH excluding ortho intramolecular Hbond substituents is 5. The van der Waals surface area contributed by atoms with Crippen LogP contribution in [0.2, 0.25) is 10.0 Å². The minimum absolute atomic E-state index is 0.0763. The van der Waals surface area contributed by atoms with E-state index in [9.17, 15) is 25.5 Å². The van der Waals surface area contributed by atoms with Crippen LogP contribution in [0.15, 0.2) is 18.2 Å². The van der Waals surface area contributed by atoms with Crippen LogP contribution in [-0.2, 0) is 6.42 Å². The fourth-order valence-corrected chi connectivity index (χ4v) is 2.29. The van der Waals surface area contributed by atoms with Gasteiger partial charge in [-0.05, 0) is 17.7 Å². The SMILES string of the molecule is Oc1ccc(Cc2c(Cl)c(O)c(O)c(O)c2Cl)cc1O. The summed E-state index contributed by atoms with van der Waals surface area (Å²) < 4.78 is 0. The molecular weight excluding hydrogens is 307 g/mol. The van der Waals surface area contributed by atoms with Gasteiger partial charge in [-0.3, -0.25) is 0 Å². The highest BCUT2D eigenvalue weighted by atomic mass is 35.5.